The van der Waals surface area contributed by atoms with E-state index >= 15 is 0 Å². The number of H-pyrrole nitrogens is 1. The highest BCUT2D eigenvalue weighted by Gasteiger charge is 2.28. The molecule has 5 nitrogen and oxygen atoms in total. The van der Waals surface area contributed by atoms with E-state index in [0.29, 0.717) is 12.2 Å². The minimum absolute atomic E-state index is 0.00733. The molecule has 1 aromatic carbocycles. The van der Waals surface area contributed by atoms with Gasteiger partial charge >= 0.3 is 0 Å². The van der Waals surface area contributed by atoms with Gasteiger partial charge < -0.3 is 14.5 Å². The fourth-order valence-corrected chi connectivity index (χ4v) is 3.71. The summed E-state index contributed by atoms with van der Waals surface area (Å²) >= 11 is 0. The van der Waals surface area contributed by atoms with Crippen LogP contribution in [0.2, 0.25) is 0 Å². The van der Waals surface area contributed by atoms with Crippen molar-refractivity contribution in [1.82, 2.24) is 19.4 Å². The fourth-order valence-electron chi connectivity index (χ4n) is 3.71. The van der Waals surface area contributed by atoms with Gasteiger partial charge in [-0.2, -0.15) is 0 Å². The second-order valence-electron chi connectivity index (χ2n) is 6.83. The Balaban J connectivity index is 1.61. The third-order valence-corrected chi connectivity index (χ3v) is 5.04. The van der Waals surface area contributed by atoms with Gasteiger partial charge in [0.05, 0.1) is 0 Å². The van der Waals surface area contributed by atoms with E-state index in [2.05, 4.69) is 9.97 Å². The van der Waals surface area contributed by atoms with Crippen LogP contribution in [0.5, 0.6) is 0 Å². The Hall–Kier alpha value is -2.63. The van der Waals surface area contributed by atoms with E-state index in [9.17, 15) is 9.18 Å². The van der Waals surface area contributed by atoms with E-state index in [4.69, 9.17) is 0 Å². The van der Waals surface area contributed by atoms with Gasteiger partial charge in [0.1, 0.15) is 17.3 Å². The Morgan fingerprint density at radius 2 is 2.20 bits per heavy atom. The average molecular weight is 340 g/mol. The number of benzene rings is 1. The lowest BCUT2D eigenvalue weighted by atomic mass is 9.97. The molecule has 1 aliphatic heterocycles. The third kappa shape index (κ3) is 2.81. The van der Waals surface area contributed by atoms with Crippen molar-refractivity contribution < 1.29 is 9.18 Å². The van der Waals surface area contributed by atoms with Gasteiger partial charge in [0.15, 0.2) is 0 Å². The van der Waals surface area contributed by atoms with Gasteiger partial charge in [-0.05, 0) is 44.0 Å². The number of nitrogens with one attached hydrogen (secondary N) is 1. The lowest BCUT2D eigenvalue weighted by molar-refractivity contribution is 0.0695. The first-order chi connectivity index (χ1) is 12.0. The molecular formula is C19H21FN4O. The van der Waals surface area contributed by atoms with Crippen molar-refractivity contribution in [3.63, 3.8) is 0 Å². The number of rotatable bonds is 2. The monoisotopic (exact) mass is 340 g/mol. The summed E-state index contributed by atoms with van der Waals surface area (Å²) in [6.07, 6.45) is 3.81. The van der Waals surface area contributed by atoms with E-state index < -0.39 is 0 Å². The molecule has 0 unspecified atom stereocenters. The van der Waals surface area contributed by atoms with E-state index in [-0.39, 0.29) is 17.6 Å². The maximum atomic E-state index is 13.5. The Bertz CT molecular complexity index is 942. The van der Waals surface area contributed by atoms with Gasteiger partial charge in [-0.25, -0.2) is 9.37 Å². The van der Waals surface area contributed by atoms with Crippen LogP contribution >= 0.6 is 0 Å². The van der Waals surface area contributed by atoms with Crippen molar-refractivity contribution >= 4 is 16.8 Å². The smallest absolute Gasteiger partial charge is 0.270 e. The van der Waals surface area contributed by atoms with Crippen molar-refractivity contribution in [2.45, 2.75) is 25.7 Å². The number of hydrogen-bond donors (Lipinski definition) is 1. The molecule has 1 N–H and O–H groups in total. The zero-order chi connectivity index (χ0) is 17.6. The molecule has 1 amide bonds. The molecule has 2 aromatic heterocycles. The highest BCUT2D eigenvalue weighted by molar-refractivity contribution is 5.98. The van der Waals surface area contributed by atoms with E-state index in [1.165, 1.54) is 12.1 Å². The molecule has 3 heterocycles. The Morgan fingerprint density at radius 3 is 2.96 bits per heavy atom. The second-order valence-corrected chi connectivity index (χ2v) is 6.83. The number of likely N-dealkylation sites (tertiary alicyclic amines) is 1. The number of amides is 1. The minimum Gasteiger partial charge on any atom is -0.346 e. The Kier molecular flexibility index (Phi) is 3.82. The summed E-state index contributed by atoms with van der Waals surface area (Å²) in [5.41, 5.74) is 2.49. The van der Waals surface area contributed by atoms with Crippen molar-refractivity contribution in [1.29, 1.82) is 0 Å². The molecule has 4 rings (SSSR count). The zero-order valence-corrected chi connectivity index (χ0v) is 14.4. The fraction of sp³-hybridized carbons (Fsp3) is 0.368. The minimum atomic E-state index is -0.289. The number of piperidine rings is 1. The van der Waals surface area contributed by atoms with Gasteiger partial charge in [-0.15, -0.1) is 0 Å². The SMILES string of the molecule is Cc1cnc([C@H]2CCCN(C(=O)c3cc4cc(F)ccc4n3C)C2)[nH]1. The maximum Gasteiger partial charge on any atom is 0.270 e. The molecule has 0 aliphatic carbocycles. The number of hydrogen-bond acceptors (Lipinski definition) is 2. The molecule has 1 aliphatic rings. The van der Waals surface area contributed by atoms with Gasteiger partial charge in [0, 0.05) is 48.8 Å². The van der Waals surface area contributed by atoms with Crippen LogP contribution in [0, 0.1) is 12.7 Å². The van der Waals surface area contributed by atoms with Crippen LogP contribution in [-0.4, -0.2) is 38.4 Å². The van der Waals surface area contributed by atoms with Gasteiger partial charge in [0.2, 0.25) is 0 Å². The van der Waals surface area contributed by atoms with Crippen LogP contribution in [0.15, 0.2) is 30.5 Å². The van der Waals surface area contributed by atoms with Crippen LogP contribution < -0.4 is 0 Å². The molecule has 1 saturated heterocycles. The summed E-state index contributed by atoms with van der Waals surface area (Å²) in [6, 6.07) is 6.39. The van der Waals surface area contributed by atoms with Crippen LogP contribution in [0.4, 0.5) is 4.39 Å². The summed E-state index contributed by atoms with van der Waals surface area (Å²) in [7, 11) is 1.85. The number of halogens is 1. The van der Waals surface area contributed by atoms with Crippen molar-refractivity contribution in [3.05, 3.63) is 53.5 Å². The molecule has 25 heavy (non-hydrogen) atoms. The van der Waals surface area contributed by atoms with Crippen LogP contribution in [0.1, 0.15) is 40.8 Å². The molecule has 0 spiro atoms. The molecule has 1 atom stereocenters. The summed E-state index contributed by atoms with van der Waals surface area (Å²) in [5.74, 6) is 0.892. The summed E-state index contributed by atoms with van der Waals surface area (Å²) in [5, 5.41) is 0.751. The summed E-state index contributed by atoms with van der Waals surface area (Å²) in [4.78, 5) is 22.6. The predicted molar refractivity (Wildman–Crippen MR) is 94.1 cm³/mol. The Morgan fingerprint density at radius 1 is 1.36 bits per heavy atom. The molecule has 0 saturated carbocycles. The summed E-state index contributed by atoms with van der Waals surface area (Å²) in [6.45, 7) is 3.38. The maximum absolute atomic E-state index is 13.5. The molecule has 1 fully saturated rings. The van der Waals surface area contributed by atoms with Gasteiger partial charge in [-0.3, -0.25) is 4.79 Å². The largest absolute Gasteiger partial charge is 0.346 e. The predicted octanol–water partition coefficient (Wildman–Crippen LogP) is 3.37. The molecular weight excluding hydrogens is 319 g/mol. The van der Waals surface area contributed by atoms with Crippen LogP contribution in [0.25, 0.3) is 10.9 Å². The highest BCUT2D eigenvalue weighted by atomic mass is 19.1. The van der Waals surface area contributed by atoms with E-state index in [1.54, 1.807) is 12.1 Å². The molecule has 130 valence electrons. The first-order valence-electron chi connectivity index (χ1n) is 8.58. The lowest BCUT2D eigenvalue weighted by Gasteiger charge is -2.32. The number of aromatic amines is 1. The molecule has 0 bridgehead atoms. The van der Waals surface area contributed by atoms with Crippen LogP contribution in [-0.2, 0) is 7.05 Å². The third-order valence-electron chi connectivity index (χ3n) is 5.04. The van der Waals surface area contributed by atoms with Crippen molar-refractivity contribution in [2.24, 2.45) is 7.05 Å². The quantitative estimate of drug-likeness (QED) is 0.778. The summed E-state index contributed by atoms with van der Waals surface area (Å²) < 4.78 is 15.3. The first-order valence-corrected chi connectivity index (χ1v) is 8.58. The number of imidazole rings is 1. The number of aromatic nitrogens is 3. The number of aryl methyl sites for hydroxylation is 2. The normalized spacial score (nSPS) is 18.0. The highest BCUT2D eigenvalue weighted by Crippen LogP contribution is 2.27. The van der Waals surface area contributed by atoms with Gasteiger partial charge in [-0.1, -0.05) is 0 Å². The standard InChI is InChI=1S/C19H21FN4O/c1-12-10-21-18(22-12)13-4-3-7-24(11-13)19(25)17-9-14-8-15(20)5-6-16(14)23(17)2/h5-6,8-10,13H,3-4,7,11H2,1-2H3,(H,21,22)/t13-/m0/s1. The van der Waals surface area contributed by atoms with Crippen molar-refractivity contribution in [3.8, 4) is 0 Å². The van der Waals surface area contributed by atoms with Crippen molar-refractivity contribution in [2.75, 3.05) is 13.1 Å². The number of fused-ring (bicyclic) bond motifs is 1. The average Bonchev–Trinajstić information content (AvgIpc) is 3.18. The molecule has 0 radical (unpaired) electrons. The zero-order valence-electron chi connectivity index (χ0n) is 14.4. The Labute approximate surface area is 145 Å². The van der Waals surface area contributed by atoms with E-state index in [1.807, 2.05) is 29.6 Å². The van der Waals surface area contributed by atoms with Crippen LogP contribution in [0.3, 0.4) is 0 Å². The second kappa shape index (κ2) is 6.02. The van der Waals surface area contributed by atoms with Gasteiger partial charge in [0.25, 0.3) is 5.91 Å². The molecule has 6 heteroatoms. The number of nitrogens with zero attached hydrogens (tertiary/aromatic N) is 3. The molecule has 3 aromatic rings. The number of carbonyl (C=O) groups is 1. The first kappa shape index (κ1) is 15.9. The number of carbonyl (C=O) groups excluding carboxylic acids is 1. The lowest BCUT2D eigenvalue weighted by Crippen LogP contribution is -2.40. The topological polar surface area (TPSA) is 53.9 Å². The van der Waals surface area contributed by atoms with E-state index in [0.717, 1.165) is 41.8 Å².